The number of aryl methyl sites for hydroxylation is 1. The van der Waals surface area contributed by atoms with Crippen molar-refractivity contribution in [2.45, 2.75) is 77.9 Å². The molecule has 1 N–H and O–H groups in total. The van der Waals surface area contributed by atoms with E-state index in [9.17, 15) is 0 Å². The van der Waals surface area contributed by atoms with Crippen LogP contribution in [0.15, 0.2) is 0 Å². The van der Waals surface area contributed by atoms with Crippen molar-refractivity contribution in [2.24, 2.45) is 5.92 Å². The van der Waals surface area contributed by atoms with E-state index < -0.39 is 0 Å². The molecule has 1 heterocycles. The van der Waals surface area contributed by atoms with E-state index in [1.54, 1.807) is 0 Å². The summed E-state index contributed by atoms with van der Waals surface area (Å²) in [6.07, 6.45) is 7.65. The Balaban J connectivity index is 1.85. The van der Waals surface area contributed by atoms with Crippen LogP contribution in [0.4, 0.5) is 0 Å². The maximum Gasteiger partial charge on any atom is 0.0669 e. The highest BCUT2D eigenvalue weighted by Gasteiger charge is 2.32. The minimum Gasteiger partial charge on any atom is -0.310 e. The molecule has 0 spiro atoms. The second-order valence-electron chi connectivity index (χ2n) is 6.26. The highest BCUT2D eigenvalue weighted by Crippen LogP contribution is 2.40. The molecular formula is C16H27N3. The standard InChI is InChI=1S/C16H27N3/c1-4-15-14(10-17-13-8-9-13)16(5-2)19(18-15)11(3)12-6-7-12/h11-13,17H,4-10H2,1-3H3. The molecular weight excluding hydrogens is 234 g/mol. The molecule has 1 unspecified atom stereocenters. The van der Waals surface area contributed by atoms with Crippen LogP contribution < -0.4 is 5.32 Å². The predicted molar refractivity (Wildman–Crippen MR) is 78.3 cm³/mol. The van der Waals surface area contributed by atoms with Gasteiger partial charge in [-0.1, -0.05) is 13.8 Å². The molecule has 0 aromatic carbocycles. The molecule has 19 heavy (non-hydrogen) atoms. The second kappa shape index (κ2) is 5.28. The maximum atomic E-state index is 4.94. The number of aromatic nitrogens is 2. The summed E-state index contributed by atoms with van der Waals surface area (Å²) in [4.78, 5) is 0. The van der Waals surface area contributed by atoms with Crippen molar-refractivity contribution in [3.8, 4) is 0 Å². The normalized spacial score (nSPS) is 20.8. The van der Waals surface area contributed by atoms with Crippen molar-refractivity contribution in [1.29, 1.82) is 0 Å². The van der Waals surface area contributed by atoms with Crippen molar-refractivity contribution < 1.29 is 0 Å². The quantitative estimate of drug-likeness (QED) is 0.816. The van der Waals surface area contributed by atoms with Crippen LogP contribution in [-0.2, 0) is 19.4 Å². The largest absolute Gasteiger partial charge is 0.310 e. The van der Waals surface area contributed by atoms with Gasteiger partial charge in [0.05, 0.1) is 11.7 Å². The summed E-state index contributed by atoms with van der Waals surface area (Å²) in [6.45, 7) is 7.87. The van der Waals surface area contributed by atoms with Gasteiger partial charge >= 0.3 is 0 Å². The zero-order valence-corrected chi connectivity index (χ0v) is 12.6. The first-order chi connectivity index (χ1) is 9.24. The van der Waals surface area contributed by atoms with Gasteiger partial charge in [0.25, 0.3) is 0 Å². The van der Waals surface area contributed by atoms with Crippen LogP contribution in [0, 0.1) is 5.92 Å². The molecule has 2 aliphatic rings. The van der Waals surface area contributed by atoms with Gasteiger partial charge in [-0.25, -0.2) is 0 Å². The van der Waals surface area contributed by atoms with Gasteiger partial charge in [-0.2, -0.15) is 5.10 Å². The molecule has 3 nitrogen and oxygen atoms in total. The summed E-state index contributed by atoms with van der Waals surface area (Å²) >= 11 is 0. The lowest BCUT2D eigenvalue weighted by Gasteiger charge is -2.15. The van der Waals surface area contributed by atoms with Crippen molar-refractivity contribution in [3.63, 3.8) is 0 Å². The van der Waals surface area contributed by atoms with Gasteiger partial charge in [-0.05, 0) is 51.4 Å². The molecule has 106 valence electrons. The summed E-state index contributed by atoms with van der Waals surface area (Å²) < 4.78 is 2.35. The Morgan fingerprint density at radius 1 is 1.21 bits per heavy atom. The van der Waals surface area contributed by atoms with E-state index in [0.717, 1.165) is 31.3 Å². The van der Waals surface area contributed by atoms with Gasteiger partial charge < -0.3 is 5.32 Å². The number of rotatable bonds is 7. The van der Waals surface area contributed by atoms with E-state index in [2.05, 4.69) is 30.8 Å². The topological polar surface area (TPSA) is 29.9 Å². The van der Waals surface area contributed by atoms with Gasteiger partial charge in [0.15, 0.2) is 0 Å². The van der Waals surface area contributed by atoms with Crippen molar-refractivity contribution in [1.82, 2.24) is 15.1 Å². The minimum absolute atomic E-state index is 0.593. The molecule has 3 heteroatoms. The number of hydrogen-bond donors (Lipinski definition) is 1. The van der Waals surface area contributed by atoms with Gasteiger partial charge in [-0.3, -0.25) is 4.68 Å². The summed E-state index contributed by atoms with van der Waals surface area (Å²) in [5.41, 5.74) is 4.28. The lowest BCUT2D eigenvalue weighted by molar-refractivity contribution is 0.423. The molecule has 3 rings (SSSR count). The average molecular weight is 261 g/mol. The Bertz CT molecular complexity index is 441. The molecule has 1 aromatic rings. The molecule has 1 atom stereocenters. The molecule has 2 aliphatic carbocycles. The van der Waals surface area contributed by atoms with Crippen LogP contribution >= 0.6 is 0 Å². The Labute approximate surface area is 116 Å². The summed E-state index contributed by atoms with van der Waals surface area (Å²) in [7, 11) is 0. The van der Waals surface area contributed by atoms with Gasteiger partial charge in [0.1, 0.15) is 0 Å². The predicted octanol–water partition coefficient (Wildman–Crippen LogP) is 3.23. The first kappa shape index (κ1) is 13.2. The summed E-state index contributed by atoms with van der Waals surface area (Å²) in [5.74, 6) is 0.874. The first-order valence-corrected chi connectivity index (χ1v) is 8.07. The van der Waals surface area contributed by atoms with Crippen LogP contribution in [0.5, 0.6) is 0 Å². The van der Waals surface area contributed by atoms with Crippen molar-refractivity contribution >= 4 is 0 Å². The second-order valence-corrected chi connectivity index (χ2v) is 6.26. The SMILES string of the molecule is CCc1nn(C(C)C2CC2)c(CC)c1CNC1CC1. The minimum atomic E-state index is 0.593. The summed E-state index contributed by atoms with van der Waals surface area (Å²) in [5, 5.41) is 8.60. The third kappa shape index (κ3) is 2.71. The number of hydrogen-bond acceptors (Lipinski definition) is 2. The third-order valence-electron chi connectivity index (χ3n) is 4.71. The van der Waals surface area contributed by atoms with Gasteiger partial charge in [-0.15, -0.1) is 0 Å². The lowest BCUT2D eigenvalue weighted by atomic mass is 10.1. The third-order valence-corrected chi connectivity index (χ3v) is 4.71. The zero-order valence-electron chi connectivity index (χ0n) is 12.6. The fourth-order valence-corrected chi connectivity index (χ4v) is 3.07. The fourth-order valence-electron chi connectivity index (χ4n) is 3.07. The van der Waals surface area contributed by atoms with Gasteiger partial charge in [0.2, 0.25) is 0 Å². The van der Waals surface area contributed by atoms with E-state index >= 15 is 0 Å². The Morgan fingerprint density at radius 2 is 1.95 bits per heavy atom. The van der Waals surface area contributed by atoms with E-state index in [1.165, 1.54) is 42.6 Å². The maximum absolute atomic E-state index is 4.94. The fraction of sp³-hybridized carbons (Fsp3) is 0.812. The van der Waals surface area contributed by atoms with Gasteiger partial charge in [0, 0.05) is 23.8 Å². The Morgan fingerprint density at radius 3 is 2.47 bits per heavy atom. The summed E-state index contributed by atoms with van der Waals surface area (Å²) in [6, 6.07) is 1.37. The van der Waals surface area contributed by atoms with Crippen LogP contribution in [0.1, 0.15) is 69.4 Å². The molecule has 2 fully saturated rings. The molecule has 0 amide bonds. The highest BCUT2D eigenvalue weighted by atomic mass is 15.3. The molecule has 0 aliphatic heterocycles. The molecule has 0 saturated heterocycles. The van der Waals surface area contributed by atoms with Crippen LogP contribution in [0.2, 0.25) is 0 Å². The molecule has 2 saturated carbocycles. The van der Waals surface area contributed by atoms with Crippen LogP contribution in [0.25, 0.3) is 0 Å². The highest BCUT2D eigenvalue weighted by molar-refractivity contribution is 5.27. The van der Waals surface area contributed by atoms with E-state index in [0.29, 0.717) is 6.04 Å². The molecule has 0 bridgehead atoms. The molecule has 0 radical (unpaired) electrons. The Hall–Kier alpha value is -0.830. The average Bonchev–Trinajstić information content (AvgIpc) is 3.30. The van der Waals surface area contributed by atoms with E-state index in [1.807, 2.05) is 0 Å². The Kier molecular flexibility index (Phi) is 3.66. The number of nitrogens with one attached hydrogen (secondary N) is 1. The van der Waals surface area contributed by atoms with E-state index in [-0.39, 0.29) is 0 Å². The van der Waals surface area contributed by atoms with Crippen molar-refractivity contribution in [2.75, 3.05) is 0 Å². The van der Waals surface area contributed by atoms with Crippen LogP contribution in [0.3, 0.4) is 0 Å². The smallest absolute Gasteiger partial charge is 0.0669 e. The van der Waals surface area contributed by atoms with Crippen LogP contribution in [-0.4, -0.2) is 15.8 Å². The van der Waals surface area contributed by atoms with Crippen molar-refractivity contribution in [3.05, 3.63) is 17.0 Å². The first-order valence-electron chi connectivity index (χ1n) is 8.07. The number of nitrogens with zero attached hydrogens (tertiary/aromatic N) is 2. The lowest BCUT2D eigenvalue weighted by Crippen LogP contribution is -2.18. The molecule has 1 aromatic heterocycles. The zero-order chi connectivity index (χ0) is 13.4. The van der Waals surface area contributed by atoms with E-state index in [4.69, 9.17) is 5.10 Å². The monoisotopic (exact) mass is 261 g/mol.